The Kier molecular flexibility index (Phi) is 6.10. The lowest BCUT2D eigenvalue weighted by atomic mass is 10.1. The Labute approximate surface area is 196 Å². The highest BCUT2D eigenvalue weighted by Crippen LogP contribution is 2.34. The number of nitrogens with one attached hydrogen (secondary N) is 1. The molecular formula is C25H23ClFN5O. The van der Waals surface area contributed by atoms with Crippen molar-refractivity contribution >= 4 is 34.4 Å². The van der Waals surface area contributed by atoms with Crippen LogP contribution in [0.15, 0.2) is 49.3 Å². The van der Waals surface area contributed by atoms with Gasteiger partial charge in [-0.15, -0.1) is 0 Å². The highest BCUT2D eigenvalue weighted by molar-refractivity contribution is 6.35. The van der Waals surface area contributed by atoms with Gasteiger partial charge >= 0.3 is 0 Å². The number of aryl methyl sites for hydroxylation is 1. The van der Waals surface area contributed by atoms with E-state index in [2.05, 4.69) is 31.8 Å². The molecule has 0 aliphatic carbocycles. The third kappa shape index (κ3) is 4.69. The Bertz CT molecular complexity index is 1350. The molecule has 0 saturated carbocycles. The highest BCUT2D eigenvalue weighted by Gasteiger charge is 2.21. The van der Waals surface area contributed by atoms with Gasteiger partial charge in [-0.25, -0.2) is 24.3 Å². The predicted octanol–water partition coefficient (Wildman–Crippen LogP) is 5.67. The molecule has 1 aromatic carbocycles. The molecule has 0 atom stereocenters. The molecule has 3 aromatic heterocycles. The number of aliphatic hydroxyl groups is 1. The number of rotatable bonds is 6. The summed E-state index contributed by atoms with van der Waals surface area (Å²) >= 11 is 6.58. The van der Waals surface area contributed by atoms with Gasteiger partial charge in [0, 0.05) is 30.6 Å². The summed E-state index contributed by atoms with van der Waals surface area (Å²) in [4.78, 5) is 17.3. The van der Waals surface area contributed by atoms with E-state index < -0.39 is 11.4 Å². The van der Waals surface area contributed by atoms with Gasteiger partial charge in [0.05, 0.1) is 21.9 Å². The molecule has 4 aromatic rings. The van der Waals surface area contributed by atoms with Crippen LogP contribution in [0.4, 0.5) is 10.1 Å². The number of hydrogen-bond acceptors (Lipinski definition) is 6. The monoisotopic (exact) mass is 463 g/mol. The lowest BCUT2D eigenvalue weighted by Crippen LogP contribution is -2.19. The first-order valence-corrected chi connectivity index (χ1v) is 10.7. The first kappa shape index (κ1) is 22.8. The van der Waals surface area contributed by atoms with Gasteiger partial charge in [-0.1, -0.05) is 48.5 Å². The fourth-order valence-electron chi connectivity index (χ4n) is 3.41. The van der Waals surface area contributed by atoms with E-state index in [0.717, 1.165) is 11.1 Å². The average molecular weight is 464 g/mol. The van der Waals surface area contributed by atoms with Gasteiger partial charge in [0.2, 0.25) is 0 Å². The number of aromatic nitrogens is 4. The molecule has 0 amide bonds. The first-order valence-electron chi connectivity index (χ1n) is 10.3. The maximum absolute atomic E-state index is 15.0. The van der Waals surface area contributed by atoms with Gasteiger partial charge in [-0.2, -0.15) is 0 Å². The Balaban J connectivity index is 1.78. The summed E-state index contributed by atoms with van der Waals surface area (Å²) in [6.45, 7) is 9.21. The van der Waals surface area contributed by atoms with Crippen molar-refractivity contribution in [2.24, 2.45) is 0 Å². The molecule has 0 radical (unpaired) electrons. The normalized spacial score (nSPS) is 11.6. The maximum atomic E-state index is 15.0. The highest BCUT2D eigenvalue weighted by atomic mass is 35.5. The number of fused-ring (bicyclic) bond motifs is 1. The van der Waals surface area contributed by atoms with Gasteiger partial charge < -0.3 is 10.4 Å². The summed E-state index contributed by atoms with van der Waals surface area (Å²) in [5, 5.41) is 13.8. The van der Waals surface area contributed by atoms with Crippen molar-refractivity contribution in [2.75, 3.05) is 5.32 Å². The maximum Gasteiger partial charge on any atom is 0.159 e. The van der Waals surface area contributed by atoms with Crippen molar-refractivity contribution in [3.8, 4) is 11.3 Å². The molecule has 6 nitrogen and oxygen atoms in total. The third-order valence-corrected chi connectivity index (χ3v) is 5.61. The van der Waals surface area contributed by atoms with Crippen LogP contribution in [-0.4, -0.2) is 25.0 Å². The first-order chi connectivity index (χ1) is 15.7. The Morgan fingerprint density at radius 3 is 2.58 bits per heavy atom. The second kappa shape index (κ2) is 8.84. The lowest BCUT2D eigenvalue weighted by Gasteiger charge is -2.16. The SMILES string of the molecule is C=Cc1cccc(CNc2c(Cl)c(C)nc3cc(F)c(-c4cnc(C(C)(C)O)nc4)nc23)c1. The van der Waals surface area contributed by atoms with Gasteiger partial charge in [0.25, 0.3) is 0 Å². The molecule has 0 bridgehead atoms. The summed E-state index contributed by atoms with van der Waals surface area (Å²) in [6, 6.07) is 9.26. The van der Waals surface area contributed by atoms with Crippen molar-refractivity contribution in [3.63, 3.8) is 0 Å². The zero-order chi connectivity index (χ0) is 23.8. The number of anilines is 1. The molecule has 33 heavy (non-hydrogen) atoms. The average Bonchev–Trinajstić information content (AvgIpc) is 2.79. The molecule has 168 valence electrons. The zero-order valence-electron chi connectivity index (χ0n) is 18.5. The van der Waals surface area contributed by atoms with Crippen LogP contribution < -0.4 is 5.32 Å². The van der Waals surface area contributed by atoms with Gasteiger partial charge in [0.15, 0.2) is 11.6 Å². The van der Waals surface area contributed by atoms with Crippen molar-refractivity contribution in [1.82, 2.24) is 19.9 Å². The number of pyridine rings is 2. The van der Waals surface area contributed by atoms with E-state index in [-0.39, 0.29) is 11.5 Å². The molecule has 0 unspecified atom stereocenters. The molecule has 0 saturated heterocycles. The number of benzene rings is 1. The molecular weight excluding hydrogens is 441 g/mol. The minimum atomic E-state index is -1.21. The molecule has 0 aliphatic heterocycles. The lowest BCUT2D eigenvalue weighted by molar-refractivity contribution is 0.0687. The van der Waals surface area contributed by atoms with Crippen LogP contribution >= 0.6 is 11.6 Å². The van der Waals surface area contributed by atoms with Gasteiger partial charge in [-0.3, -0.25) is 0 Å². The molecule has 0 fully saturated rings. The number of hydrogen-bond donors (Lipinski definition) is 2. The van der Waals surface area contributed by atoms with Crippen LogP contribution in [0.25, 0.3) is 28.4 Å². The minimum absolute atomic E-state index is 0.0724. The summed E-state index contributed by atoms with van der Waals surface area (Å²) < 4.78 is 15.0. The van der Waals surface area contributed by atoms with Crippen molar-refractivity contribution in [1.29, 1.82) is 0 Å². The van der Waals surface area contributed by atoms with Crippen LogP contribution in [0.3, 0.4) is 0 Å². The zero-order valence-corrected chi connectivity index (χ0v) is 19.3. The molecule has 4 rings (SSSR count). The molecule has 0 aliphatic rings. The van der Waals surface area contributed by atoms with Gasteiger partial charge in [-0.05, 0) is 31.9 Å². The van der Waals surface area contributed by atoms with E-state index >= 15 is 0 Å². The van der Waals surface area contributed by atoms with Crippen LogP contribution in [0.2, 0.25) is 5.02 Å². The van der Waals surface area contributed by atoms with Crippen molar-refractivity contribution in [3.05, 3.63) is 82.8 Å². The number of nitrogens with zero attached hydrogens (tertiary/aromatic N) is 4. The smallest absolute Gasteiger partial charge is 0.159 e. The second-order valence-electron chi connectivity index (χ2n) is 8.23. The summed E-state index contributed by atoms with van der Waals surface area (Å²) in [7, 11) is 0. The van der Waals surface area contributed by atoms with E-state index in [4.69, 9.17) is 11.6 Å². The van der Waals surface area contributed by atoms with E-state index in [1.54, 1.807) is 26.8 Å². The molecule has 8 heteroatoms. The minimum Gasteiger partial charge on any atom is -0.382 e. The van der Waals surface area contributed by atoms with Crippen molar-refractivity contribution < 1.29 is 9.50 Å². The van der Waals surface area contributed by atoms with E-state index in [0.29, 0.717) is 39.5 Å². The van der Waals surface area contributed by atoms with Crippen LogP contribution in [0.1, 0.15) is 36.5 Å². The topological polar surface area (TPSA) is 83.8 Å². The Morgan fingerprint density at radius 2 is 1.91 bits per heavy atom. The van der Waals surface area contributed by atoms with Crippen molar-refractivity contribution in [2.45, 2.75) is 32.9 Å². The largest absolute Gasteiger partial charge is 0.382 e. The molecule has 3 heterocycles. The Morgan fingerprint density at radius 1 is 1.18 bits per heavy atom. The van der Waals surface area contributed by atoms with E-state index in [9.17, 15) is 9.50 Å². The fourth-order valence-corrected chi connectivity index (χ4v) is 3.61. The fraction of sp³-hybridized carbons (Fsp3) is 0.200. The number of halogens is 2. The second-order valence-corrected chi connectivity index (χ2v) is 8.61. The predicted molar refractivity (Wildman–Crippen MR) is 129 cm³/mol. The summed E-state index contributed by atoms with van der Waals surface area (Å²) in [6.07, 6.45) is 4.66. The van der Waals surface area contributed by atoms with Crippen LogP contribution in [0.5, 0.6) is 0 Å². The molecule has 0 spiro atoms. The van der Waals surface area contributed by atoms with Gasteiger partial charge in [0.1, 0.15) is 16.8 Å². The summed E-state index contributed by atoms with van der Waals surface area (Å²) in [5.41, 5.74) is 3.24. The quantitative estimate of drug-likeness (QED) is 0.383. The van der Waals surface area contributed by atoms with E-state index in [1.165, 1.54) is 18.5 Å². The third-order valence-electron chi connectivity index (χ3n) is 5.15. The summed E-state index contributed by atoms with van der Waals surface area (Å²) in [5.74, 6) is -0.321. The van der Waals surface area contributed by atoms with E-state index in [1.807, 2.05) is 24.3 Å². The molecule has 2 N–H and O–H groups in total. The van der Waals surface area contributed by atoms with Crippen LogP contribution in [0, 0.1) is 12.7 Å². The standard InChI is InChI=1S/C25H23ClFN5O/c1-5-15-7-6-8-16(9-15)11-28-23-20(26)14(2)31-19-10-18(27)21(32-22(19)23)17-12-29-24(30-13-17)25(3,4)33/h5-10,12-13,33H,1,11H2,2-4H3,(H,28,31). The Hall–Kier alpha value is -3.42. The van der Waals surface area contributed by atoms with Crippen LogP contribution in [-0.2, 0) is 12.1 Å².